The summed E-state index contributed by atoms with van der Waals surface area (Å²) in [4.78, 5) is 15.5. The van der Waals surface area contributed by atoms with Crippen LogP contribution in [0.1, 0.15) is 13.8 Å². The van der Waals surface area contributed by atoms with Crippen molar-refractivity contribution in [1.29, 1.82) is 0 Å². The van der Waals surface area contributed by atoms with Crippen LogP contribution in [0, 0.1) is 5.41 Å². The zero-order chi connectivity index (χ0) is 13.3. The van der Waals surface area contributed by atoms with Crippen molar-refractivity contribution in [2.24, 2.45) is 11.1 Å². The maximum Gasteiger partial charge on any atom is 0.243 e. The second-order valence-electron chi connectivity index (χ2n) is 4.66. The van der Waals surface area contributed by atoms with Gasteiger partial charge in [-0.15, -0.1) is 5.10 Å². The zero-order valence-electron chi connectivity index (χ0n) is 10.1. The highest BCUT2D eigenvalue weighted by Gasteiger charge is 2.25. The van der Waals surface area contributed by atoms with Gasteiger partial charge in [0.25, 0.3) is 0 Å². The molecule has 96 valence electrons. The number of halogens is 1. The van der Waals surface area contributed by atoms with Gasteiger partial charge in [-0.2, -0.15) is 4.98 Å². The Kier molecular flexibility index (Phi) is 3.25. The average molecular weight is 312 g/mol. The van der Waals surface area contributed by atoms with E-state index in [2.05, 4.69) is 31.3 Å². The smallest absolute Gasteiger partial charge is 0.243 e. The maximum absolute atomic E-state index is 11.2. The number of nitrogens with zero attached hydrogens (tertiary/aromatic N) is 3. The van der Waals surface area contributed by atoms with Crippen LogP contribution in [0.15, 0.2) is 22.8 Å². The van der Waals surface area contributed by atoms with Crippen molar-refractivity contribution in [1.82, 2.24) is 14.6 Å². The van der Waals surface area contributed by atoms with Crippen LogP contribution in [0.3, 0.4) is 0 Å². The van der Waals surface area contributed by atoms with E-state index in [0.29, 0.717) is 12.5 Å². The Balaban J connectivity index is 2.18. The van der Waals surface area contributed by atoms with Crippen LogP contribution in [0.25, 0.3) is 5.65 Å². The van der Waals surface area contributed by atoms with E-state index in [9.17, 15) is 4.79 Å². The van der Waals surface area contributed by atoms with Crippen molar-refractivity contribution in [3.05, 3.63) is 22.8 Å². The molecule has 0 aliphatic heterocycles. The van der Waals surface area contributed by atoms with Gasteiger partial charge >= 0.3 is 0 Å². The van der Waals surface area contributed by atoms with Gasteiger partial charge in [-0.05, 0) is 41.9 Å². The Hall–Kier alpha value is -1.63. The third-order valence-corrected chi connectivity index (χ3v) is 3.29. The molecule has 2 aromatic heterocycles. The number of hydrogen-bond donors (Lipinski definition) is 2. The van der Waals surface area contributed by atoms with Gasteiger partial charge in [0, 0.05) is 12.7 Å². The van der Waals surface area contributed by atoms with Gasteiger partial charge in [0.05, 0.1) is 9.89 Å². The number of amides is 1. The van der Waals surface area contributed by atoms with Gasteiger partial charge in [0.15, 0.2) is 5.65 Å². The van der Waals surface area contributed by atoms with Gasteiger partial charge in [0.1, 0.15) is 0 Å². The zero-order valence-corrected chi connectivity index (χ0v) is 11.7. The molecule has 1 amide bonds. The molecule has 2 aromatic rings. The molecule has 2 rings (SSSR count). The molecule has 0 aliphatic carbocycles. The maximum atomic E-state index is 11.2. The molecule has 2 heterocycles. The van der Waals surface area contributed by atoms with E-state index in [4.69, 9.17) is 5.73 Å². The minimum Gasteiger partial charge on any atom is -0.369 e. The summed E-state index contributed by atoms with van der Waals surface area (Å²) in [5, 5.41) is 7.27. The number of carbonyl (C=O) groups excluding carboxylic acids is 1. The van der Waals surface area contributed by atoms with Crippen LogP contribution >= 0.6 is 15.9 Å². The number of aromatic nitrogens is 3. The van der Waals surface area contributed by atoms with Crippen LogP contribution in [0.2, 0.25) is 0 Å². The molecule has 0 fully saturated rings. The Morgan fingerprint density at radius 1 is 1.61 bits per heavy atom. The monoisotopic (exact) mass is 311 g/mol. The number of nitrogens with one attached hydrogen (secondary N) is 1. The third-order valence-electron chi connectivity index (χ3n) is 2.67. The number of primary amides is 1. The number of pyridine rings is 1. The summed E-state index contributed by atoms with van der Waals surface area (Å²) < 4.78 is 2.52. The number of rotatable bonds is 4. The van der Waals surface area contributed by atoms with E-state index in [1.807, 2.05) is 12.1 Å². The van der Waals surface area contributed by atoms with E-state index >= 15 is 0 Å². The molecule has 0 aliphatic rings. The van der Waals surface area contributed by atoms with E-state index in [0.717, 1.165) is 10.1 Å². The Labute approximate surface area is 113 Å². The SMILES string of the molecule is CC(C)(CNc1nc2c(Br)cccn2n1)C(N)=O. The van der Waals surface area contributed by atoms with Crippen molar-refractivity contribution in [3.63, 3.8) is 0 Å². The van der Waals surface area contributed by atoms with E-state index in [-0.39, 0.29) is 5.91 Å². The summed E-state index contributed by atoms with van der Waals surface area (Å²) in [7, 11) is 0. The quantitative estimate of drug-likeness (QED) is 0.894. The summed E-state index contributed by atoms with van der Waals surface area (Å²) in [6, 6.07) is 3.75. The lowest BCUT2D eigenvalue weighted by atomic mass is 9.93. The molecule has 0 unspecified atom stereocenters. The fourth-order valence-electron chi connectivity index (χ4n) is 1.34. The van der Waals surface area contributed by atoms with Crippen molar-refractivity contribution in [2.45, 2.75) is 13.8 Å². The first-order valence-electron chi connectivity index (χ1n) is 5.45. The summed E-state index contributed by atoms with van der Waals surface area (Å²) >= 11 is 3.40. The Bertz CT molecular complexity index is 592. The van der Waals surface area contributed by atoms with Crippen LogP contribution in [-0.4, -0.2) is 27.0 Å². The normalized spacial score (nSPS) is 11.7. The first-order chi connectivity index (χ1) is 8.40. The average Bonchev–Trinajstić information content (AvgIpc) is 2.71. The number of nitrogens with two attached hydrogens (primary N) is 1. The molecule has 18 heavy (non-hydrogen) atoms. The minimum atomic E-state index is -0.644. The fourth-order valence-corrected chi connectivity index (χ4v) is 1.76. The van der Waals surface area contributed by atoms with Crippen LogP contribution < -0.4 is 11.1 Å². The van der Waals surface area contributed by atoms with Gasteiger partial charge in [-0.25, -0.2) is 4.52 Å². The number of anilines is 1. The van der Waals surface area contributed by atoms with E-state index < -0.39 is 5.41 Å². The van der Waals surface area contributed by atoms with Crippen LogP contribution in [0.5, 0.6) is 0 Å². The molecule has 0 saturated heterocycles. The summed E-state index contributed by atoms with van der Waals surface area (Å²) in [5.41, 5.74) is 5.38. The van der Waals surface area contributed by atoms with Crippen molar-refractivity contribution in [2.75, 3.05) is 11.9 Å². The van der Waals surface area contributed by atoms with Gasteiger partial charge < -0.3 is 11.1 Å². The predicted octanol–water partition coefficient (Wildman–Crippen LogP) is 1.42. The van der Waals surface area contributed by atoms with E-state index in [1.165, 1.54) is 0 Å². The lowest BCUT2D eigenvalue weighted by molar-refractivity contribution is -0.125. The Morgan fingerprint density at radius 2 is 2.33 bits per heavy atom. The molecular weight excluding hydrogens is 298 g/mol. The van der Waals surface area contributed by atoms with Gasteiger partial charge in [-0.1, -0.05) is 0 Å². The molecule has 0 aromatic carbocycles. The van der Waals surface area contributed by atoms with E-state index in [1.54, 1.807) is 24.6 Å². The predicted molar refractivity (Wildman–Crippen MR) is 72.2 cm³/mol. The largest absolute Gasteiger partial charge is 0.369 e. The highest BCUT2D eigenvalue weighted by Crippen LogP contribution is 2.18. The second-order valence-corrected chi connectivity index (χ2v) is 5.52. The summed E-state index contributed by atoms with van der Waals surface area (Å²) in [5.74, 6) is 0.108. The lowest BCUT2D eigenvalue weighted by Gasteiger charge is -2.19. The molecule has 0 atom stereocenters. The Morgan fingerprint density at radius 3 is 2.94 bits per heavy atom. The highest BCUT2D eigenvalue weighted by atomic mass is 79.9. The van der Waals surface area contributed by atoms with Gasteiger partial charge in [-0.3, -0.25) is 4.79 Å². The summed E-state index contributed by atoms with van der Waals surface area (Å²) in [6.45, 7) is 3.93. The van der Waals surface area contributed by atoms with Crippen LogP contribution in [-0.2, 0) is 4.79 Å². The topological polar surface area (TPSA) is 85.3 Å². The molecule has 6 nitrogen and oxygen atoms in total. The molecule has 0 radical (unpaired) electrons. The molecule has 3 N–H and O–H groups in total. The van der Waals surface area contributed by atoms with Crippen molar-refractivity contribution < 1.29 is 4.79 Å². The van der Waals surface area contributed by atoms with Crippen molar-refractivity contribution in [3.8, 4) is 0 Å². The molecule has 0 bridgehead atoms. The fraction of sp³-hybridized carbons (Fsp3) is 0.364. The second kappa shape index (κ2) is 4.56. The van der Waals surface area contributed by atoms with Gasteiger partial charge in [0.2, 0.25) is 11.9 Å². The first kappa shape index (κ1) is 12.8. The minimum absolute atomic E-state index is 0.361. The van der Waals surface area contributed by atoms with Crippen molar-refractivity contribution >= 4 is 33.4 Å². The molecule has 0 spiro atoms. The molecule has 7 heteroatoms. The molecule has 0 saturated carbocycles. The summed E-state index contributed by atoms with van der Waals surface area (Å²) in [6.07, 6.45) is 1.80. The molecular formula is C11H14BrN5O. The highest BCUT2D eigenvalue weighted by molar-refractivity contribution is 9.10. The number of fused-ring (bicyclic) bond motifs is 1. The third kappa shape index (κ3) is 2.45. The standard InChI is InChI=1S/C11H14BrN5O/c1-11(2,9(13)18)6-14-10-15-8-7(12)4-3-5-17(8)16-10/h3-5H,6H2,1-2H3,(H2,13,18)(H,14,16). The first-order valence-corrected chi connectivity index (χ1v) is 6.24. The lowest BCUT2D eigenvalue weighted by Crippen LogP contribution is -2.37. The number of hydrogen-bond acceptors (Lipinski definition) is 4. The van der Waals surface area contributed by atoms with Crippen LogP contribution in [0.4, 0.5) is 5.95 Å². The number of carbonyl (C=O) groups is 1.